The zero-order valence-electron chi connectivity index (χ0n) is 12.8. The van der Waals surface area contributed by atoms with Gasteiger partial charge in [0.05, 0.1) is 25.2 Å². The number of carbonyl (C=O) groups is 1. The van der Waals surface area contributed by atoms with Crippen molar-refractivity contribution in [2.75, 3.05) is 7.11 Å². The molecule has 3 rings (SSSR count). The summed E-state index contributed by atoms with van der Waals surface area (Å²) in [5, 5.41) is 0. The molecule has 114 valence electrons. The van der Waals surface area contributed by atoms with E-state index in [2.05, 4.69) is 0 Å². The molecule has 0 aliphatic heterocycles. The molecule has 0 saturated heterocycles. The first kappa shape index (κ1) is 14.6. The van der Waals surface area contributed by atoms with Gasteiger partial charge in [-0.3, -0.25) is 4.79 Å². The molecule has 1 aromatic rings. The maximum Gasteiger partial charge on any atom is 0.144 e. The van der Waals surface area contributed by atoms with Crippen LogP contribution in [0.25, 0.3) is 0 Å². The zero-order valence-corrected chi connectivity index (χ0v) is 12.8. The topological polar surface area (TPSA) is 35.5 Å². The summed E-state index contributed by atoms with van der Waals surface area (Å²) in [6, 6.07) is 7.96. The van der Waals surface area contributed by atoms with Crippen molar-refractivity contribution in [3.63, 3.8) is 0 Å². The number of carbonyl (C=O) groups excluding carboxylic acids is 1. The number of methoxy groups -OCH3 is 1. The first-order valence-electron chi connectivity index (χ1n) is 8.02. The van der Waals surface area contributed by atoms with E-state index in [1.165, 1.54) is 25.7 Å². The largest absolute Gasteiger partial charge is 0.497 e. The predicted molar refractivity (Wildman–Crippen MR) is 81.3 cm³/mol. The van der Waals surface area contributed by atoms with Gasteiger partial charge < -0.3 is 9.47 Å². The Morgan fingerprint density at radius 1 is 1.19 bits per heavy atom. The van der Waals surface area contributed by atoms with E-state index in [9.17, 15) is 4.79 Å². The van der Waals surface area contributed by atoms with Crippen molar-refractivity contribution in [1.82, 2.24) is 0 Å². The van der Waals surface area contributed by atoms with Crippen LogP contribution in [0.1, 0.15) is 50.5 Å². The summed E-state index contributed by atoms with van der Waals surface area (Å²) in [7, 11) is 1.67. The second-order valence-electron chi connectivity index (χ2n) is 6.35. The molecule has 0 amide bonds. The van der Waals surface area contributed by atoms with Crippen LogP contribution in [0.2, 0.25) is 0 Å². The van der Waals surface area contributed by atoms with Crippen molar-refractivity contribution in [2.45, 2.75) is 57.7 Å². The Morgan fingerprint density at radius 3 is 2.62 bits per heavy atom. The molecule has 0 heterocycles. The van der Waals surface area contributed by atoms with Crippen LogP contribution in [0, 0.1) is 5.41 Å². The monoisotopic (exact) mass is 288 g/mol. The first-order valence-corrected chi connectivity index (χ1v) is 8.02. The number of hydrogen-bond donors (Lipinski definition) is 0. The number of ketones is 1. The summed E-state index contributed by atoms with van der Waals surface area (Å²) in [6.07, 6.45) is 7.63. The van der Waals surface area contributed by atoms with E-state index in [0.29, 0.717) is 18.8 Å². The summed E-state index contributed by atoms with van der Waals surface area (Å²) < 4.78 is 11.3. The normalized spacial score (nSPS) is 24.4. The lowest BCUT2D eigenvalue weighted by Gasteiger charge is -2.47. The van der Waals surface area contributed by atoms with Gasteiger partial charge in [-0.1, -0.05) is 37.8 Å². The van der Waals surface area contributed by atoms with Gasteiger partial charge in [0.1, 0.15) is 11.5 Å². The Labute approximate surface area is 126 Å². The van der Waals surface area contributed by atoms with E-state index in [4.69, 9.17) is 9.47 Å². The summed E-state index contributed by atoms with van der Waals surface area (Å²) >= 11 is 0. The molecule has 2 aliphatic rings. The quantitative estimate of drug-likeness (QED) is 0.843. The van der Waals surface area contributed by atoms with E-state index in [1.54, 1.807) is 7.11 Å². The van der Waals surface area contributed by atoms with Crippen LogP contribution in [-0.2, 0) is 16.1 Å². The summed E-state index contributed by atoms with van der Waals surface area (Å²) in [4.78, 5) is 12.2. The number of benzene rings is 1. The smallest absolute Gasteiger partial charge is 0.144 e. The van der Waals surface area contributed by atoms with E-state index in [-0.39, 0.29) is 11.5 Å². The fourth-order valence-corrected chi connectivity index (χ4v) is 3.75. The van der Waals surface area contributed by atoms with Crippen molar-refractivity contribution >= 4 is 5.78 Å². The van der Waals surface area contributed by atoms with Crippen LogP contribution in [0.5, 0.6) is 5.75 Å². The molecule has 2 fully saturated rings. The van der Waals surface area contributed by atoms with E-state index in [0.717, 1.165) is 24.2 Å². The third-order valence-electron chi connectivity index (χ3n) is 5.12. The van der Waals surface area contributed by atoms with Crippen LogP contribution in [-0.4, -0.2) is 19.0 Å². The Balaban J connectivity index is 1.63. The van der Waals surface area contributed by atoms with Crippen LogP contribution in [0.3, 0.4) is 0 Å². The standard InChI is InChI=1S/C18H24O3/c1-20-15-8-6-7-14(11-15)13-21-17-12-16(19)18(17)9-4-2-3-5-10-18/h6-8,11,17H,2-5,9-10,12-13H2,1H3. The number of Topliss-reactive ketones (excluding diaryl/α,β-unsaturated/α-hetero) is 1. The highest BCUT2D eigenvalue weighted by Crippen LogP contribution is 2.49. The van der Waals surface area contributed by atoms with E-state index < -0.39 is 0 Å². The van der Waals surface area contributed by atoms with Crippen LogP contribution >= 0.6 is 0 Å². The van der Waals surface area contributed by atoms with Crippen molar-refractivity contribution in [1.29, 1.82) is 0 Å². The minimum absolute atomic E-state index is 0.120. The molecule has 0 radical (unpaired) electrons. The highest BCUT2D eigenvalue weighted by atomic mass is 16.5. The molecule has 0 bridgehead atoms. The van der Waals surface area contributed by atoms with E-state index in [1.807, 2.05) is 24.3 Å². The van der Waals surface area contributed by atoms with Gasteiger partial charge >= 0.3 is 0 Å². The fourth-order valence-electron chi connectivity index (χ4n) is 3.75. The third-order valence-corrected chi connectivity index (χ3v) is 5.12. The maximum atomic E-state index is 12.2. The molecule has 1 aromatic carbocycles. The average molecular weight is 288 g/mol. The van der Waals surface area contributed by atoms with Gasteiger partial charge in [-0.15, -0.1) is 0 Å². The van der Waals surface area contributed by atoms with Crippen molar-refractivity contribution in [2.24, 2.45) is 5.41 Å². The molecule has 0 N–H and O–H groups in total. The molecular formula is C18H24O3. The first-order chi connectivity index (χ1) is 10.2. The molecular weight excluding hydrogens is 264 g/mol. The lowest BCUT2D eigenvalue weighted by molar-refractivity contribution is -0.168. The summed E-state index contributed by atoms with van der Waals surface area (Å²) in [5.41, 5.74) is 0.951. The van der Waals surface area contributed by atoms with Crippen molar-refractivity contribution in [3.05, 3.63) is 29.8 Å². The van der Waals surface area contributed by atoms with Gasteiger partial charge in [0.2, 0.25) is 0 Å². The number of hydrogen-bond acceptors (Lipinski definition) is 3. The van der Waals surface area contributed by atoms with Crippen LogP contribution in [0.15, 0.2) is 24.3 Å². The molecule has 1 unspecified atom stereocenters. The summed E-state index contributed by atoms with van der Waals surface area (Å²) in [5.74, 6) is 1.28. The highest BCUT2D eigenvalue weighted by Gasteiger charge is 2.54. The second-order valence-corrected chi connectivity index (χ2v) is 6.35. The molecule has 3 nitrogen and oxygen atoms in total. The van der Waals surface area contributed by atoms with E-state index >= 15 is 0 Å². The van der Waals surface area contributed by atoms with Crippen LogP contribution < -0.4 is 4.74 Å². The van der Waals surface area contributed by atoms with Gasteiger partial charge in [-0.05, 0) is 30.5 Å². The average Bonchev–Trinajstić information content (AvgIpc) is 2.79. The third kappa shape index (κ3) is 2.84. The Kier molecular flexibility index (Phi) is 4.29. The lowest BCUT2D eigenvalue weighted by atomic mass is 9.60. The Bertz CT molecular complexity index is 501. The second kappa shape index (κ2) is 6.18. The molecule has 0 aromatic heterocycles. The molecule has 2 aliphatic carbocycles. The van der Waals surface area contributed by atoms with Crippen LogP contribution in [0.4, 0.5) is 0 Å². The van der Waals surface area contributed by atoms with Gasteiger partial charge in [0.15, 0.2) is 0 Å². The van der Waals surface area contributed by atoms with Gasteiger partial charge in [0, 0.05) is 6.42 Å². The molecule has 1 atom stereocenters. The van der Waals surface area contributed by atoms with Gasteiger partial charge in [-0.25, -0.2) is 0 Å². The summed E-state index contributed by atoms with van der Waals surface area (Å²) in [6.45, 7) is 0.566. The van der Waals surface area contributed by atoms with Crippen molar-refractivity contribution < 1.29 is 14.3 Å². The number of ether oxygens (including phenoxy) is 2. The fraction of sp³-hybridized carbons (Fsp3) is 0.611. The molecule has 21 heavy (non-hydrogen) atoms. The molecule has 2 saturated carbocycles. The minimum Gasteiger partial charge on any atom is -0.497 e. The minimum atomic E-state index is -0.157. The maximum absolute atomic E-state index is 12.2. The van der Waals surface area contributed by atoms with Crippen molar-refractivity contribution in [3.8, 4) is 5.75 Å². The SMILES string of the molecule is COc1cccc(COC2CC(=O)C23CCCCCC3)c1. The predicted octanol–water partition coefficient (Wildman–Crippen LogP) is 3.89. The molecule has 3 heteroatoms. The van der Waals surface area contributed by atoms with Gasteiger partial charge in [-0.2, -0.15) is 0 Å². The Hall–Kier alpha value is -1.35. The lowest BCUT2D eigenvalue weighted by Crippen LogP contribution is -2.55. The zero-order chi connectivity index (χ0) is 14.7. The Morgan fingerprint density at radius 2 is 1.95 bits per heavy atom. The molecule has 1 spiro atoms. The number of rotatable bonds is 4. The highest BCUT2D eigenvalue weighted by molar-refractivity contribution is 5.92. The van der Waals surface area contributed by atoms with Gasteiger partial charge in [0.25, 0.3) is 0 Å².